The molecule has 1 atom stereocenters. The van der Waals surface area contributed by atoms with Gasteiger partial charge < -0.3 is 9.84 Å². The minimum atomic E-state index is -3.94. The molecule has 0 saturated carbocycles. The summed E-state index contributed by atoms with van der Waals surface area (Å²) in [6.07, 6.45) is 0. The van der Waals surface area contributed by atoms with E-state index in [0.29, 0.717) is 5.69 Å². The van der Waals surface area contributed by atoms with Crippen molar-refractivity contribution in [3.8, 4) is 11.3 Å². The van der Waals surface area contributed by atoms with Gasteiger partial charge in [-0.25, -0.2) is 13.4 Å². The Hall–Kier alpha value is -2.56. The van der Waals surface area contributed by atoms with Crippen molar-refractivity contribution < 1.29 is 17.7 Å². The number of anilines is 1. The summed E-state index contributed by atoms with van der Waals surface area (Å²) in [6, 6.07) is 6.23. The number of amides is 1. The van der Waals surface area contributed by atoms with E-state index in [9.17, 15) is 13.2 Å². The number of nitrogens with one attached hydrogen (secondary N) is 2. The van der Waals surface area contributed by atoms with Gasteiger partial charge in [0.15, 0.2) is 5.76 Å². The van der Waals surface area contributed by atoms with Crippen molar-refractivity contribution >= 4 is 33.0 Å². The molecule has 0 saturated heterocycles. The van der Waals surface area contributed by atoms with Crippen molar-refractivity contribution in [3.05, 3.63) is 46.1 Å². The summed E-state index contributed by atoms with van der Waals surface area (Å²) in [5.41, 5.74) is 2.48. The zero-order valence-electron chi connectivity index (χ0n) is 15.8. The van der Waals surface area contributed by atoms with Crippen LogP contribution in [0.4, 0.5) is 5.69 Å². The predicted molar refractivity (Wildman–Crippen MR) is 107 cm³/mol. The molecular formula is C18H20N4O4S2. The number of nitrogens with zero attached hydrogens (tertiary/aromatic N) is 2. The molecule has 2 heterocycles. The maximum absolute atomic E-state index is 12.5. The fourth-order valence-electron chi connectivity index (χ4n) is 2.71. The molecule has 0 aliphatic rings. The van der Waals surface area contributed by atoms with E-state index in [-0.39, 0.29) is 16.3 Å². The molecule has 8 nitrogen and oxygen atoms in total. The van der Waals surface area contributed by atoms with E-state index in [0.717, 1.165) is 16.3 Å². The number of aryl methyl sites for hydroxylation is 3. The van der Waals surface area contributed by atoms with Crippen LogP contribution in [0.2, 0.25) is 0 Å². The zero-order valence-corrected chi connectivity index (χ0v) is 17.4. The summed E-state index contributed by atoms with van der Waals surface area (Å²) in [5, 5.41) is 9.26. The Kier molecular flexibility index (Phi) is 5.64. The molecule has 0 fully saturated rings. The van der Waals surface area contributed by atoms with Gasteiger partial charge in [0.2, 0.25) is 15.9 Å². The van der Waals surface area contributed by atoms with Crippen LogP contribution >= 0.6 is 11.3 Å². The van der Waals surface area contributed by atoms with Gasteiger partial charge in [-0.1, -0.05) is 17.3 Å². The lowest BCUT2D eigenvalue weighted by Crippen LogP contribution is -2.41. The van der Waals surface area contributed by atoms with Crippen LogP contribution in [0.15, 0.2) is 39.1 Å². The SMILES string of the molecule is Cc1nc(-c2cccc(NC(=O)[C@H](C)NS(=O)(=O)c3c(C)noc3C)c2)cs1. The summed E-state index contributed by atoms with van der Waals surface area (Å²) in [6.45, 7) is 6.43. The van der Waals surface area contributed by atoms with Gasteiger partial charge in [-0.05, 0) is 39.8 Å². The van der Waals surface area contributed by atoms with Gasteiger partial charge in [0, 0.05) is 16.6 Å². The first-order valence-electron chi connectivity index (χ1n) is 8.46. The van der Waals surface area contributed by atoms with Gasteiger partial charge in [0.05, 0.1) is 16.7 Å². The minimum Gasteiger partial charge on any atom is -0.360 e. The third kappa shape index (κ3) is 4.29. The summed E-state index contributed by atoms with van der Waals surface area (Å²) in [4.78, 5) is 16.9. The Morgan fingerprint density at radius 1 is 1.25 bits per heavy atom. The van der Waals surface area contributed by atoms with Crippen molar-refractivity contribution in [2.24, 2.45) is 0 Å². The first-order chi connectivity index (χ1) is 13.2. The highest BCUT2D eigenvalue weighted by molar-refractivity contribution is 7.89. The zero-order chi connectivity index (χ0) is 20.5. The van der Waals surface area contributed by atoms with Gasteiger partial charge in [0.25, 0.3) is 0 Å². The van der Waals surface area contributed by atoms with Crippen LogP contribution in [0, 0.1) is 20.8 Å². The predicted octanol–water partition coefficient (Wildman–Crippen LogP) is 3.03. The second kappa shape index (κ2) is 7.82. The standard InChI is InChI=1S/C18H20N4O4S2/c1-10-17(12(3)26-21-10)28(24,25)22-11(2)18(23)20-15-7-5-6-14(8-15)16-9-27-13(4)19-16/h5-9,11,22H,1-4H3,(H,20,23)/t11-/m0/s1. The number of carbonyl (C=O) groups is 1. The lowest BCUT2D eigenvalue weighted by molar-refractivity contribution is -0.117. The Morgan fingerprint density at radius 2 is 2.00 bits per heavy atom. The van der Waals surface area contributed by atoms with Crippen LogP contribution in [0.5, 0.6) is 0 Å². The minimum absolute atomic E-state index is 0.0481. The van der Waals surface area contributed by atoms with E-state index in [1.165, 1.54) is 20.8 Å². The molecule has 0 aliphatic heterocycles. The van der Waals surface area contributed by atoms with E-state index in [1.54, 1.807) is 29.5 Å². The Bertz CT molecular complexity index is 1100. The lowest BCUT2D eigenvalue weighted by atomic mass is 10.1. The summed E-state index contributed by atoms with van der Waals surface area (Å²) in [5.74, 6) is -0.314. The van der Waals surface area contributed by atoms with Gasteiger partial charge >= 0.3 is 0 Å². The highest BCUT2D eigenvalue weighted by Crippen LogP contribution is 2.24. The largest absolute Gasteiger partial charge is 0.360 e. The number of benzene rings is 1. The summed E-state index contributed by atoms with van der Waals surface area (Å²) >= 11 is 1.54. The molecule has 0 bridgehead atoms. The van der Waals surface area contributed by atoms with E-state index < -0.39 is 22.0 Å². The Balaban J connectivity index is 1.73. The summed E-state index contributed by atoms with van der Waals surface area (Å²) < 4.78 is 32.4. The molecule has 2 aromatic heterocycles. The second-order valence-corrected chi connectivity index (χ2v) is 9.03. The van der Waals surface area contributed by atoms with Crippen LogP contribution < -0.4 is 10.0 Å². The van der Waals surface area contributed by atoms with Crippen LogP contribution in [-0.2, 0) is 14.8 Å². The van der Waals surface area contributed by atoms with Crippen LogP contribution in [0.3, 0.4) is 0 Å². The number of thiazole rings is 1. The monoisotopic (exact) mass is 420 g/mol. The lowest BCUT2D eigenvalue weighted by Gasteiger charge is -2.14. The number of hydrogen-bond acceptors (Lipinski definition) is 7. The van der Waals surface area contributed by atoms with Crippen molar-refractivity contribution in [2.75, 3.05) is 5.32 Å². The average Bonchev–Trinajstić information content (AvgIpc) is 3.20. The topological polar surface area (TPSA) is 114 Å². The van der Waals surface area contributed by atoms with Crippen LogP contribution in [0.1, 0.15) is 23.4 Å². The molecule has 0 aliphatic carbocycles. The molecule has 10 heteroatoms. The maximum atomic E-state index is 12.5. The molecule has 28 heavy (non-hydrogen) atoms. The molecule has 1 aromatic carbocycles. The number of sulfonamides is 1. The fourth-order valence-corrected chi connectivity index (χ4v) is 4.86. The smallest absolute Gasteiger partial charge is 0.246 e. The number of hydrogen-bond donors (Lipinski definition) is 2. The molecule has 2 N–H and O–H groups in total. The molecule has 1 amide bonds. The van der Waals surface area contributed by atoms with Gasteiger partial charge in [-0.2, -0.15) is 4.72 Å². The quantitative estimate of drug-likeness (QED) is 0.633. The maximum Gasteiger partial charge on any atom is 0.246 e. The molecule has 3 aromatic rings. The highest BCUT2D eigenvalue weighted by atomic mass is 32.2. The number of carbonyl (C=O) groups excluding carboxylic acids is 1. The van der Waals surface area contributed by atoms with E-state index >= 15 is 0 Å². The van der Waals surface area contributed by atoms with Crippen molar-refractivity contribution in [1.29, 1.82) is 0 Å². The van der Waals surface area contributed by atoms with Crippen LogP contribution in [0.25, 0.3) is 11.3 Å². The molecule has 148 valence electrons. The van der Waals surface area contributed by atoms with E-state index in [4.69, 9.17) is 4.52 Å². The second-order valence-electron chi connectivity index (χ2n) is 6.32. The van der Waals surface area contributed by atoms with Crippen molar-refractivity contribution in [2.45, 2.75) is 38.6 Å². The van der Waals surface area contributed by atoms with Gasteiger partial charge in [-0.15, -0.1) is 11.3 Å². The molecule has 0 spiro atoms. The molecule has 3 rings (SSSR count). The van der Waals surface area contributed by atoms with E-state index in [2.05, 4.69) is 20.2 Å². The summed E-state index contributed by atoms with van der Waals surface area (Å²) in [7, 11) is -3.94. The highest BCUT2D eigenvalue weighted by Gasteiger charge is 2.28. The van der Waals surface area contributed by atoms with Gasteiger partial charge in [0.1, 0.15) is 10.6 Å². The molecular weight excluding hydrogens is 400 g/mol. The first-order valence-corrected chi connectivity index (χ1v) is 10.8. The average molecular weight is 421 g/mol. The molecule has 0 radical (unpaired) electrons. The van der Waals surface area contributed by atoms with Crippen molar-refractivity contribution in [1.82, 2.24) is 14.9 Å². The molecule has 0 unspecified atom stereocenters. The van der Waals surface area contributed by atoms with Crippen molar-refractivity contribution in [3.63, 3.8) is 0 Å². The Labute approximate surface area is 167 Å². The number of aromatic nitrogens is 2. The third-order valence-electron chi connectivity index (χ3n) is 4.01. The van der Waals surface area contributed by atoms with E-state index in [1.807, 2.05) is 18.4 Å². The Morgan fingerprint density at radius 3 is 2.61 bits per heavy atom. The first kappa shape index (κ1) is 20.2. The fraction of sp³-hybridized carbons (Fsp3) is 0.278. The van der Waals surface area contributed by atoms with Gasteiger partial charge in [-0.3, -0.25) is 4.79 Å². The number of rotatable bonds is 6. The third-order valence-corrected chi connectivity index (χ3v) is 6.56. The normalized spacial score (nSPS) is 12.7. The van der Waals surface area contributed by atoms with Crippen LogP contribution in [-0.4, -0.2) is 30.5 Å².